The third-order valence-corrected chi connectivity index (χ3v) is 9.52. The number of aliphatic carboxylic acids is 1. The van der Waals surface area contributed by atoms with Crippen LogP contribution in [0, 0.1) is 18.6 Å². The molecule has 4 rings (SSSR count). The lowest BCUT2D eigenvalue weighted by Gasteiger charge is -2.47. The van der Waals surface area contributed by atoms with E-state index in [4.69, 9.17) is 4.74 Å². The van der Waals surface area contributed by atoms with Crippen molar-refractivity contribution in [2.75, 3.05) is 25.1 Å². The third-order valence-electron chi connectivity index (χ3n) is 7.54. The minimum Gasteiger partial charge on any atom is -0.493 e. The Bertz CT molecular complexity index is 1330. The number of hydrogen-bond donors (Lipinski definition) is 1. The lowest BCUT2D eigenvalue weighted by Crippen LogP contribution is -2.61. The Kier molecular flexibility index (Phi) is 7.36. The van der Waals surface area contributed by atoms with Crippen LogP contribution in [0.4, 0.5) is 14.5 Å². The van der Waals surface area contributed by atoms with Crippen LogP contribution in [-0.2, 0) is 21.1 Å². The average molecular weight is 535 g/mol. The van der Waals surface area contributed by atoms with Gasteiger partial charge in [0.25, 0.3) is 0 Å². The van der Waals surface area contributed by atoms with Crippen molar-refractivity contribution in [3.05, 3.63) is 65.2 Å². The summed E-state index contributed by atoms with van der Waals surface area (Å²) in [6.07, 6.45) is 2.41. The molecule has 0 spiro atoms. The van der Waals surface area contributed by atoms with Gasteiger partial charge in [0.2, 0.25) is 0 Å². The van der Waals surface area contributed by atoms with E-state index in [9.17, 15) is 22.7 Å². The van der Waals surface area contributed by atoms with E-state index in [-0.39, 0.29) is 47.1 Å². The molecule has 1 aliphatic heterocycles. The molecule has 1 saturated heterocycles. The molecule has 0 amide bonds. The minimum atomic E-state index is -3.95. The molecule has 4 unspecified atom stereocenters. The van der Waals surface area contributed by atoms with Crippen molar-refractivity contribution >= 4 is 21.5 Å². The van der Waals surface area contributed by atoms with Gasteiger partial charge in [-0.15, -0.1) is 6.58 Å². The molecule has 7 nitrogen and oxygen atoms in total. The molecule has 1 fully saturated rings. The number of rotatable bonds is 7. The van der Waals surface area contributed by atoms with Crippen LogP contribution in [0.25, 0.3) is 0 Å². The largest absolute Gasteiger partial charge is 0.493 e. The van der Waals surface area contributed by atoms with E-state index < -0.39 is 38.7 Å². The molecule has 0 bridgehead atoms. The summed E-state index contributed by atoms with van der Waals surface area (Å²) in [6.45, 7) is 9.44. The molecule has 0 radical (unpaired) electrons. The van der Waals surface area contributed by atoms with Gasteiger partial charge in [-0.2, -0.15) is 0 Å². The third kappa shape index (κ3) is 4.61. The number of hydrogen-bond acceptors (Lipinski definition) is 6. The summed E-state index contributed by atoms with van der Waals surface area (Å²) < 4.78 is 62.3. The molecule has 200 valence electrons. The molecule has 37 heavy (non-hydrogen) atoms. The number of ether oxygens (including phenoxy) is 1. The van der Waals surface area contributed by atoms with Crippen LogP contribution in [-0.4, -0.2) is 62.1 Å². The van der Waals surface area contributed by atoms with Crippen molar-refractivity contribution in [2.45, 2.75) is 61.9 Å². The van der Waals surface area contributed by atoms with Crippen LogP contribution in [0.3, 0.4) is 0 Å². The van der Waals surface area contributed by atoms with Crippen molar-refractivity contribution in [3.8, 4) is 5.75 Å². The number of aryl methyl sites for hydroxylation is 1. The lowest BCUT2D eigenvalue weighted by atomic mass is 10.0. The van der Waals surface area contributed by atoms with Crippen molar-refractivity contribution < 1.29 is 31.8 Å². The second-order valence-corrected chi connectivity index (χ2v) is 11.9. The number of benzene rings is 2. The first-order valence-electron chi connectivity index (χ1n) is 12.2. The highest BCUT2D eigenvalue weighted by Gasteiger charge is 2.41. The number of anilines is 1. The fourth-order valence-corrected chi connectivity index (χ4v) is 7.61. The van der Waals surface area contributed by atoms with Crippen LogP contribution >= 0.6 is 0 Å². The van der Waals surface area contributed by atoms with Crippen molar-refractivity contribution in [3.63, 3.8) is 0 Å². The molecule has 1 heterocycles. The number of carboxylic acid groups (broad SMARTS) is 1. The molecule has 2 aromatic rings. The lowest BCUT2D eigenvalue weighted by molar-refractivity contribution is -0.138. The molecule has 2 aromatic carbocycles. The predicted octanol–water partition coefficient (Wildman–Crippen LogP) is 4.28. The second-order valence-electron chi connectivity index (χ2n) is 9.86. The first-order valence-corrected chi connectivity index (χ1v) is 13.7. The fraction of sp³-hybridized carbons (Fsp3) is 0.444. The number of sulfone groups is 1. The Balaban J connectivity index is 1.64. The highest BCUT2D eigenvalue weighted by molar-refractivity contribution is 7.92. The SMILES string of the molecule is C=CC(N1C(C)CN(c2cc(F)c(OC)c(C)c2F)CC1C)S(=O)(=O)c1ccc2c(c1)C(C(=O)O)CC2. The molecular weight excluding hydrogens is 502 g/mol. The van der Waals surface area contributed by atoms with E-state index in [2.05, 4.69) is 6.58 Å². The number of methoxy groups -OCH3 is 1. The van der Waals surface area contributed by atoms with Crippen LogP contribution < -0.4 is 9.64 Å². The molecule has 2 aliphatic rings. The van der Waals surface area contributed by atoms with Gasteiger partial charge in [0.1, 0.15) is 5.37 Å². The van der Waals surface area contributed by atoms with Crippen LogP contribution in [0.15, 0.2) is 41.8 Å². The first-order chi connectivity index (χ1) is 17.4. The average Bonchev–Trinajstić information content (AvgIpc) is 3.27. The predicted molar refractivity (Wildman–Crippen MR) is 137 cm³/mol. The smallest absolute Gasteiger partial charge is 0.310 e. The zero-order valence-corrected chi connectivity index (χ0v) is 22.2. The maximum Gasteiger partial charge on any atom is 0.310 e. The van der Waals surface area contributed by atoms with Gasteiger partial charge in [0.05, 0.1) is 23.6 Å². The van der Waals surface area contributed by atoms with Gasteiger partial charge in [-0.3, -0.25) is 9.69 Å². The Labute approximate surface area is 216 Å². The topological polar surface area (TPSA) is 87.2 Å². The normalized spacial score (nSPS) is 23.0. The molecular formula is C27H32F2N2O5S. The van der Waals surface area contributed by atoms with Crippen LogP contribution in [0.2, 0.25) is 0 Å². The maximum absolute atomic E-state index is 15.1. The summed E-state index contributed by atoms with van der Waals surface area (Å²) in [5.74, 6) is -3.08. The number of fused-ring (bicyclic) bond motifs is 1. The monoisotopic (exact) mass is 534 g/mol. The molecule has 1 N–H and O–H groups in total. The fourth-order valence-electron chi connectivity index (χ4n) is 5.80. The van der Waals surface area contributed by atoms with E-state index in [1.165, 1.54) is 32.2 Å². The van der Waals surface area contributed by atoms with E-state index in [0.29, 0.717) is 18.4 Å². The van der Waals surface area contributed by atoms with Crippen molar-refractivity contribution in [2.24, 2.45) is 0 Å². The number of halogens is 2. The Morgan fingerprint density at radius 2 is 1.86 bits per heavy atom. The quantitative estimate of drug-likeness (QED) is 0.531. The zero-order chi connectivity index (χ0) is 27.2. The molecule has 1 aliphatic carbocycles. The van der Waals surface area contributed by atoms with Crippen LogP contribution in [0.1, 0.15) is 42.9 Å². The highest BCUT2D eigenvalue weighted by Crippen LogP contribution is 2.38. The minimum absolute atomic E-state index is 0.0463. The summed E-state index contributed by atoms with van der Waals surface area (Å²) in [4.78, 5) is 15.2. The summed E-state index contributed by atoms with van der Waals surface area (Å²) in [5.41, 5.74) is 1.56. The van der Waals surface area contributed by atoms with Gasteiger partial charge in [0.15, 0.2) is 27.2 Å². The summed E-state index contributed by atoms with van der Waals surface area (Å²) in [7, 11) is -2.67. The molecule has 10 heteroatoms. The number of nitrogens with zero attached hydrogens (tertiary/aromatic N) is 2. The van der Waals surface area contributed by atoms with E-state index >= 15 is 4.39 Å². The van der Waals surface area contributed by atoms with Crippen LogP contribution in [0.5, 0.6) is 5.75 Å². The number of piperazine rings is 1. The van der Waals surface area contributed by atoms with E-state index in [1.54, 1.807) is 11.0 Å². The van der Waals surface area contributed by atoms with Gasteiger partial charge in [-0.1, -0.05) is 12.1 Å². The molecule has 4 atom stereocenters. The van der Waals surface area contributed by atoms with Gasteiger partial charge in [0, 0.05) is 36.8 Å². The molecule has 0 aromatic heterocycles. The highest BCUT2D eigenvalue weighted by atomic mass is 32.2. The van der Waals surface area contributed by atoms with E-state index in [1.807, 2.05) is 18.7 Å². The Morgan fingerprint density at radius 3 is 2.43 bits per heavy atom. The second kappa shape index (κ2) is 10.1. The number of carbonyl (C=O) groups is 1. The standard InChI is InChI=1S/C27H32F2N2O5S/c1-6-24(37(34,35)19-9-7-18-8-10-20(27(32)33)21(18)11-19)31-15(2)13-30(14-16(31)3)23-12-22(28)26(36-5)17(4)25(23)29/h6-7,9,11-12,15-16,20,24H,1,8,10,13-14H2,2-5H3,(H,32,33). The Morgan fingerprint density at radius 1 is 1.22 bits per heavy atom. The van der Waals surface area contributed by atoms with Gasteiger partial charge in [-0.05, 0) is 56.9 Å². The summed E-state index contributed by atoms with van der Waals surface area (Å²) in [6, 6.07) is 5.11. The Hall–Kier alpha value is -2.98. The van der Waals surface area contributed by atoms with Crippen molar-refractivity contribution in [1.82, 2.24) is 4.90 Å². The van der Waals surface area contributed by atoms with Gasteiger partial charge < -0.3 is 14.7 Å². The maximum atomic E-state index is 15.1. The summed E-state index contributed by atoms with van der Waals surface area (Å²) in [5, 5.41) is 8.47. The molecule has 0 saturated carbocycles. The van der Waals surface area contributed by atoms with Gasteiger partial charge in [-0.25, -0.2) is 17.2 Å². The van der Waals surface area contributed by atoms with E-state index in [0.717, 1.165) is 11.6 Å². The number of carboxylic acids is 1. The zero-order valence-electron chi connectivity index (χ0n) is 21.4. The summed E-state index contributed by atoms with van der Waals surface area (Å²) >= 11 is 0. The van der Waals surface area contributed by atoms with Crippen molar-refractivity contribution in [1.29, 1.82) is 0 Å². The first kappa shape index (κ1) is 27.1. The van der Waals surface area contributed by atoms with Gasteiger partial charge >= 0.3 is 5.97 Å².